The van der Waals surface area contributed by atoms with Crippen molar-refractivity contribution < 1.29 is 14.6 Å². The number of rotatable bonds is 7. The highest BCUT2D eigenvalue weighted by Gasteiger charge is 2.25. The molecular weight excluding hydrogens is 284 g/mol. The molecule has 0 radical (unpaired) electrons. The van der Waals surface area contributed by atoms with Gasteiger partial charge in [0.1, 0.15) is 11.6 Å². The summed E-state index contributed by atoms with van der Waals surface area (Å²) in [5.41, 5.74) is -0.375. The number of ketones is 1. The van der Waals surface area contributed by atoms with E-state index in [0.717, 1.165) is 4.57 Å². The molecule has 1 N–H and O–H groups in total. The van der Waals surface area contributed by atoms with Crippen LogP contribution < -0.4 is 5.56 Å². The van der Waals surface area contributed by atoms with Crippen molar-refractivity contribution in [1.29, 1.82) is 5.26 Å². The van der Waals surface area contributed by atoms with Gasteiger partial charge < -0.3 is 9.84 Å². The Kier molecular flexibility index (Phi) is 6.32. The van der Waals surface area contributed by atoms with E-state index in [1.807, 2.05) is 13.0 Å². The smallest absolute Gasteiger partial charge is 0.271 e. The molecule has 0 saturated heterocycles. The predicted molar refractivity (Wildman–Crippen MR) is 82.1 cm³/mol. The summed E-state index contributed by atoms with van der Waals surface area (Å²) in [5.74, 6) is -0.993. The zero-order chi connectivity index (χ0) is 16.9. The van der Waals surface area contributed by atoms with Crippen molar-refractivity contribution in [3.05, 3.63) is 27.0 Å². The van der Waals surface area contributed by atoms with Crippen molar-refractivity contribution in [2.75, 3.05) is 13.2 Å². The van der Waals surface area contributed by atoms with Crippen LogP contribution in [0.4, 0.5) is 0 Å². The van der Waals surface area contributed by atoms with E-state index in [0.29, 0.717) is 19.6 Å². The van der Waals surface area contributed by atoms with E-state index < -0.39 is 5.56 Å². The lowest BCUT2D eigenvalue weighted by molar-refractivity contribution is 0.0934. The molecule has 1 aromatic rings. The molecule has 0 saturated carbocycles. The molecule has 120 valence electrons. The molecule has 0 unspecified atom stereocenters. The van der Waals surface area contributed by atoms with E-state index in [2.05, 4.69) is 0 Å². The van der Waals surface area contributed by atoms with Gasteiger partial charge >= 0.3 is 0 Å². The first kappa shape index (κ1) is 17.9. The largest absolute Gasteiger partial charge is 0.494 e. The summed E-state index contributed by atoms with van der Waals surface area (Å²) in [6, 6.07) is 1.84. The summed E-state index contributed by atoms with van der Waals surface area (Å²) in [5, 5.41) is 19.5. The summed E-state index contributed by atoms with van der Waals surface area (Å²) in [4.78, 5) is 24.6. The second-order valence-corrected chi connectivity index (χ2v) is 5.34. The van der Waals surface area contributed by atoms with Gasteiger partial charge in [0.15, 0.2) is 5.78 Å². The molecule has 0 fully saturated rings. The first-order valence-electron chi connectivity index (χ1n) is 7.35. The van der Waals surface area contributed by atoms with E-state index in [4.69, 9.17) is 4.74 Å². The SMILES string of the molecule is CCOCCCn1c(O)c(C(=O)C(C)C)c(C)c(C#N)c1=O. The van der Waals surface area contributed by atoms with Crippen LogP contribution in [0, 0.1) is 24.2 Å². The Balaban J connectivity index is 3.39. The van der Waals surface area contributed by atoms with Gasteiger partial charge in [-0.05, 0) is 25.8 Å². The molecule has 0 amide bonds. The van der Waals surface area contributed by atoms with E-state index >= 15 is 0 Å². The quantitative estimate of drug-likeness (QED) is 0.614. The van der Waals surface area contributed by atoms with Crippen molar-refractivity contribution in [2.45, 2.75) is 40.7 Å². The van der Waals surface area contributed by atoms with E-state index in [9.17, 15) is 20.0 Å². The number of nitrogens with zero attached hydrogens (tertiary/aromatic N) is 2. The molecule has 0 spiro atoms. The van der Waals surface area contributed by atoms with Crippen molar-refractivity contribution in [3.63, 3.8) is 0 Å². The van der Waals surface area contributed by atoms with Gasteiger partial charge in [0, 0.05) is 25.7 Å². The minimum absolute atomic E-state index is 0.0579. The fourth-order valence-electron chi connectivity index (χ4n) is 2.21. The van der Waals surface area contributed by atoms with Crippen LogP contribution in [0.2, 0.25) is 0 Å². The van der Waals surface area contributed by atoms with Crippen molar-refractivity contribution >= 4 is 5.78 Å². The second-order valence-electron chi connectivity index (χ2n) is 5.34. The summed E-state index contributed by atoms with van der Waals surface area (Å²) < 4.78 is 6.29. The van der Waals surface area contributed by atoms with Crippen molar-refractivity contribution in [3.8, 4) is 11.9 Å². The molecule has 0 aliphatic carbocycles. The number of hydrogen-bond acceptors (Lipinski definition) is 5. The minimum atomic E-state index is -0.575. The predicted octanol–water partition coefficient (Wildman–Crippen LogP) is 2.00. The van der Waals surface area contributed by atoms with Crippen molar-refractivity contribution in [2.24, 2.45) is 5.92 Å². The van der Waals surface area contributed by atoms with Crippen LogP contribution in [0.15, 0.2) is 4.79 Å². The maximum Gasteiger partial charge on any atom is 0.271 e. The van der Waals surface area contributed by atoms with Crippen molar-refractivity contribution in [1.82, 2.24) is 4.57 Å². The number of carbonyl (C=O) groups is 1. The Morgan fingerprint density at radius 3 is 2.59 bits per heavy atom. The second kappa shape index (κ2) is 7.76. The first-order valence-corrected chi connectivity index (χ1v) is 7.35. The number of Topliss-reactive ketones (excluding diaryl/α,β-unsaturated/α-hetero) is 1. The summed E-state index contributed by atoms with van der Waals surface area (Å²) in [7, 11) is 0. The summed E-state index contributed by atoms with van der Waals surface area (Å²) in [6.07, 6.45) is 0.505. The summed E-state index contributed by atoms with van der Waals surface area (Å²) in [6.45, 7) is 7.98. The van der Waals surface area contributed by atoms with Gasteiger partial charge in [-0.25, -0.2) is 0 Å². The highest BCUT2D eigenvalue weighted by Crippen LogP contribution is 2.24. The molecule has 6 heteroatoms. The Bertz CT molecular complexity index is 654. The van der Waals surface area contributed by atoms with Gasteiger partial charge in [-0.1, -0.05) is 13.8 Å². The van der Waals surface area contributed by atoms with E-state index in [1.54, 1.807) is 13.8 Å². The number of ether oxygens (including phenoxy) is 1. The fraction of sp³-hybridized carbons (Fsp3) is 0.562. The lowest BCUT2D eigenvalue weighted by atomic mass is 9.95. The van der Waals surface area contributed by atoms with Crippen LogP contribution in [0.5, 0.6) is 5.88 Å². The number of aromatic nitrogens is 1. The van der Waals surface area contributed by atoms with E-state index in [1.165, 1.54) is 6.92 Å². The molecule has 22 heavy (non-hydrogen) atoms. The molecule has 0 aromatic carbocycles. The zero-order valence-electron chi connectivity index (χ0n) is 13.5. The van der Waals surface area contributed by atoms with Crippen LogP contribution in [-0.2, 0) is 11.3 Å². The average Bonchev–Trinajstić information content (AvgIpc) is 2.46. The van der Waals surface area contributed by atoms with Crippen LogP contribution in [0.3, 0.4) is 0 Å². The lowest BCUT2D eigenvalue weighted by Crippen LogP contribution is -2.28. The Labute approximate surface area is 129 Å². The Morgan fingerprint density at radius 1 is 1.45 bits per heavy atom. The summed E-state index contributed by atoms with van der Waals surface area (Å²) >= 11 is 0. The lowest BCUT2D eigenvalue weighted by Gasteiger charge is -2.16. The van der Waals surface area contributed by atoms with Gasteiger partial charge in [0.25, 0.3) is 5.56 Å². The van der Waals surface area contributed by atoms with Crippen LogP contribution in [0.1, 0.15) is 48.7 Å². The molecule has 1 aromatic heterocycles. The minimum Gasteiger partial charge on any atom is -0.494 e. The van der Waals surface area contributed by atoms with Gasteiger partial charge in [0.05, 0.1) is 5.56 Å². The van der Waals surface area contributed by atoms with E-state index in [-0.39, 0.29) is 40.8 Å². The molecule has 0 bridgehead atoms. The molecule has 0 aliphatic heterocycles. The van der Waals surface area contributed by atoms with Crippen LogP contribution in [-0.4, -0.2) is 28.7 Å². The molecule has 0 aliphatic rings. The molecule has 1 heterocycles. The van der Waals surface area contributed by atoms with Crippen LogP contribution in [0.25, 0.3) is 0 Å². The molecule has 0 atom stereocenters. The van der Waals surface area contributed by atoms with Gasteiger partial charge in [-0.2, -0.15) is 5.26 Å². The third kappa shape index (κ3) is 3.55. The highest BCUT2D eigenvalue weighted by atomic mass is 16.5. The van der Waals surface area contributed by atoms with Crippen LogP contribution >= 0.6 is 0 Å². The average molecular weight is 306 g/mol. The molecule has 6 nitrogen and oxygen atoms in total. The maximum absolute atomic E-state index is 12.3. The monoisotopic (exact) mass is 306 g/mol. The maximum atomic E-state index is 12.3. The third-order valence-corrected chi connectivity index (χ3v) is 3.45. The topological polar surface area (TPSA) is 92.3 Å². The fourth-order valence-corrected chi connectivity index (χ4v) is 2.21. The highest BCUT2D eigenvalue weighted by molar-refractivity contribution is 6.01. The number of nitriles is 1. The zero-order valence-corrected chi connectivity index (χ0v) is 13.5. The molecular formula is C16H22N2O4. The standard InChI is InChI=1S/C16H22N2O4/c1-5-22-8-6-7-18-15(20)12(9-17)11(4)13(16(18)21)14(19)10(2)3/h10,21H,5-8H2,1-4H3. The first-order chi connectivity index (χ1) is 10.4. The molecule has 1 rings (SSSR count). The van der Waals surface area contributed by atoms with Gasteiger partial charge in [-0.3, -0.25) is 14.2 Å². The number of pyridine rings is 1. The Hall–Kier alpha value is -2.13. The number of hydrogen-bond donors (Lipinski definition) is 1. The number of carbonyl (C=O) groups excluding carboxylic acids is 1. The number of aromatic hydroxyl groups is 1. The Morgan fingerprint density at radius 2 is 2.09 bits per heavy atom. The van der Waals surface area contributed by atoms with Gasteiger partial charge in [-0.15, -0.1) is 0 Å². The normalized spacial score (nSPS) is 10.7. The van der Waals surface area contributed by atoms with Gasteiger partial charge in [0.2, 0.25) is 5.88 Å². The third-order valence-electron chi connectivity index (χ3n) is 3.45.